The third kappa shape index (κ3) is 4.34. The van der Waals surface area contributed by atoms with Gasteiger partial charge in [-0.1, -0.05) is 13.8 Å². The summed E-state index contributed by atoms with van der Waals surface area (Å²) in [5.74, 6) is -0.354. The van der Waals surface area contributed by atoms with Gasteiger partial charge < -0.3 is 19.7 Å². The molecule has 1 aliphatic rings. The van der Waals surface area contributed by atoms with Gasteiger partial charge in [0.1, 0.15) is 6.61 Å². The van der Waals surface area contributed by atoms with E-state index in [2.05, 4.69) is 19.2 Å². The largest absolute Gasteiger partial charge is 0.488 e. The Morgan fingerprint density at radius 3 is 2.77 bits per heavy atom. The summed E-state index contributed by atoms with van der Waals surface area (Å²) in [4.78, 5) is 13.9. The van der Waals surface area contributed by atoms with Crippen LogP contribution in [-0.2, 0) is 4.74 Å². The van der Waals surface area contributed by atoms with Crippen LogP contribution in [-0.4, -0.2) is 44.3 Å². The first-order valence-electron chi connectivity index (χ1n) is 7.38. The molecule has 5 nitrogen and oxygen atoms in total. The van der Waals surface area contributed by atoms with Crippen molar-refractivity contribution in [2.45, 2.75) is 20.3 Å². The van der Waals surface area contributed by atoms with Gasteiger partial charge in [-0.2, -0.15) is 0 Å². The Morgan fingerprint density at radius 1 is 1.41 bits per heavy atom. The first kappa shape index (κ1) is 16.5. The molecule has 0 radical (unpaired) electrons. The van der Waals surface area contributed by atoms with E-state index in [0.717, 1.165) is 13.0 Å². The summed E-state index contributed by atoms with van der Waals surface area (Å²) < 4.78 is 24.0. The average Bonchev–Trinajstić information content (AvgIpc) is 2.82. The number of carbonyl (C=O) groups excluding carboxylic acids is 1. The van der Waals surface area contributed by atoms with Crippen LogP contribution < -0.4 is 10.1 Å². The van der Waals surface area contributed by atoms with E-state index < -0.39 is 5.82 Å². The number of amides is 2. The minimum absolute atomic E-state index is 0.141. The highest BCUT2D eigenvalue weighted by Gasteiger charge is 2.32. The molecule has 2 rings (SSSR count). The van der Waals surface area contributed by atoms with Crippen molar-refractivity contribution in [1.29, 1.82) is 0 Å². The monoisotopic (exact) mass is 310 g/mol. The number of benzene rings is 1. The molecule has 0 atom stereocenters. The number of hydrogen-bond donors (Lipinski definition) is 1. The maximum absolute atomic E-state index is 13.9. The van der Waals surface area contributed by atoms with Crippen LogP contribution in [0, 0.1) is 11.2 Å². The lowest BCUT2D eigenvalue weighted by Crippen LogP contribution is -2.34. The summed E-state index contributed by atoms with van der Waals surface area (Å²) in [6.45, 7) is 6.36. The summed E-state index contributed by atoms with van der Waals surface area (Å²) >= 11 is 0. The van der Waals surface area contributed by atoms with Gasteiger partial charge in [0.15, 0.2) is 11.6 Å². The maximum Gasteiger partial charge on any atom is 0.321 e. The van der Waals surface area contributed by atoms with E-state index in [4.69, 9.17) is 9.47 Å². The Bertz CT molecular complexity index is 534. The highest BCUT2D eigenvalue weighted by Crippen LogP contribution is 2.29. The summed E-state index contributed by atoms with van der Waals surface area (Å²) in [6.07, 6.45) is 0.973. The van der Waals surface area contributed by atoms with Crippen LogP contribution in [0.15, 0.2) is 18.2 Å². The van der Waals surface area contributed by atoms with Crippen LogP contribution in [0.1, 0.15) is 20.3 Å². The normalized spacial score (nSPS) is 16.6. The second kappa shape index (κ2) is 6.96. The van der Waals surface area contributed by atoms with E-state index in [-0.39, 0.29) is 23.8 Å². The van der Waals surface area contributed by atoms with Crippen molar-refractivity contribution >= 4 is 11.7 Å². The van der Waals surface area contributed by atoms with Gasteiger partial charge >= 0.3 is 6.03 Å². The van der Waals surface area contributed by atoms with E-state index in [9.17, 15) is 9.18 Å². The highest BCUT2D eigenvalue weighted by atomic mass is 19.1. The quantitative estimate of drug-likeness (QED) is 0.850. The molecule has 1 aromatic rings. The number of hydrogen-bond acceptors (Lipinski definition) is 3. The van der Waals surface area contributed by atoms with Gasteiger partial charge in [0.2, 0.25) is 0 Å². The van der Waals surface area contributed by atoms with Crippen LogP contribution in [0.3, 0.4) is 0 Å². The standard InChI is InChI=1S/C16H23FN2O3/c1-16(2)6-7-19(11-16)15(20)18-12-4-5-14(13(17)10-12)22-9-8-21-3/h4-5,10H,6-9,11H2,1-3H3,(H,18,20). The molecule has 0 bridgehead atoms. The maximum atomic E-state index is 13.9. The second-order valence-electron chi connectivity index (χ2n) is 6.25. The fourth-order valence-corrected chi connectivity index (χ4v) is 2.42. The molecular formula is C16H23FN2O3. The number of likely N-dealkylation sites (tertiary alicyclic amines) is 1. The third-order valence-corrected chi connectivity index (χ3v) is 3.69. The fraction of sp³-hybridized carbons (Fsp3) is 0.562. The van der Waals surface area contributed by atoms with Crippen LogP contribution >= 0.6 is 0 Å². The lowest BCUT2D eigenvalue weighted by molar-refractivity contribution is 0.144. The fourth-order valence-electron chi connectivity index (χ4n) is 2.42. The third-order valence-electron chi connectivity index (χ3n) is 3.69. The summed E-state index contributed by atoms with van der Waals surface area (Å²) in [5.41, 5.74) is 0.563. The van der Waals surface area contributed by atoms with Gasteiger partial charge in [-0.05, 0) is 24.0 Å². The Hall–Kier alpha value is -1.82. The first-order valence-corrected chi connectivity index (χ1v) is 7.38. The summed E-state index contributed by atoms with van der Waals surface area (Å²) in [6, 6.07) is 4.21. The minimum Gasteiger partial charge on any atom is -0.488 e. The Morgan fingerprint density at radius 2 is 2.18 bits per heavy atom. The Balaban J connectivity index is 1.93. The molecule has 0 aliphatic carbocycles. The Labute approximate surface area is 130 Å². The van der Waals surface area contributed by atoms with Crippen molar-refractivity contribution < 1.29 is 18.7 Å². The number of methoxy groups -OCH3 is 1. The van der Waals surface area contributed by atoms with Gasteiger partial charge in [-0.15, -0.1) is 0 Å². The molecule has 2 amide bonds. The van der Waals surface area contributed by atoms with Crippen LogP contribution in [0.5, 0.6) is 5.75 Å². The molecule has 1 aromatic carbocycles. The molecule has 1 fully saturated rings. The van der Waals surface area contributed by atoms with Gasteiger partial charge in [0, 0.05) is 32.0 Å². The van der Waals surface area contributed by atoms with Gasteiger partial charge in [0.05, 0.1) is 6.61 Å². The number of nitrogens with zero attached hydrogens (tertiary/aromatic N) is 1. The van der Waals surface area contributed by atoms with E-state index in [1.54, 1.807) is 18.1 Å². The number of rotatable bonds is 5. The molecule has 1 saturated heterocycles. The van der Waals surface area contributed by atoms with Crippen molar-refractivity contribution in [3.8, 4) is 5.75 Å². The molecule has 0 spiro atoms. The van der Waals surface area contributed by atoms with Crippen LogP contribution in [0.2, 0.25) is 0 Å². The number of urea groups is 1. The molecule has 1 heterocycles. The van der Waals surface area contributed by atoms with Crippen molar-refractivity contribution in [2.24, 2.45) is 5.41 Å². The summed E-state index contributed by atoms with van der Waals surface area (Å²) in [7, 11) is 1.55. The number of ether oxygens (including phenoxy) is 2. The molecular weight excluding hydrogens is 287 g/mol. The number of nitrogens with one attached hydrogen (secondary N) is 1. The van der Waals surface area contributed by atoms with E-state index >= 15 is 0 Å². The highest BCUT2D eigenvalue weighted by molar-refractivity contribution is 5.89. The molecule has 122 valence electrons. The van der Waals surface area contributed by atoms with Gasteiger partial charge in [-0.25, -0.2) is 9.18 Å². The van der Waals surface area contributed by atoms with Gasteiger partial charge in [-0.3, -0.25) is 0 Å². The lowest BCUT2D eigenvalue weighted by Gasteiger charge is -2.20. The Kier molecular flexibility index (Phi) is 5.24. The van der Waals surface area contributed by atoms with E-state index in [1.165, 1.54) is 12.1 Å². The molecule has 0 aromatic heterocycles. The molecule has 22 heavy (non-hydrogen) atoms. The predicted molar refractivity (Wildman–Crippen MR) is 82.8 cm³/mol. The second-order valence-corrected chi connectivity index (χ2v) is 6.25. The van der Waals surface area contributed by atoms with Crippen molar-refractivity contribution in [3.05, 3.63) is 24.0 Å². The van der Waals surface area contributed by atoms with Crippen LogP contribution in [0.4, 0.5) is 14.9 Å². The summed E-state index contributed by atoms with van der Waals surface area (Å²) in [5, 5.41) is 2.72. The smallest absolute Gasteiger partial charge is 0.321 e. The zero-order valence-electron chi connectivity index (χ0n) is 13.3. The van der Waals surface area contributed by atoms with E-state index in [1.807, 2.05) is 0 Å². The number of anilines is 1. The molecule has 1 aliphatic heterocycles. The van der Waals surface area contributed by atoms with Crippen LogP contribution in [0.25, 0.3) is 0 Å². The molecule has 6 heteroatoms. The van der Waals surface area contributed by atoms with Gasteiger partial charge in [0.25, 0.3) is 0 Å². The average molecular weight is 310 g/mol. The van der Waals surface area contributed by atoms with Crippen molar-refractivity contribution in [3.63, 3.8) is 0 Å². The lowest BCUT2D eigenvalue weighted by atomic mass is 9.93. The predicted octanol–water partition coefficient (Wildman–Crippen LogP) is 3.11. The zero-order chi connectivity index (χ0) is 16.2. The SMILES string of the molecule is COCCOc1ccc(NC(=O)N2CCC(C)(C)C2)cc1F. The molecule has 1 N–H and O–H groups in total. The van der Waals surface area contributed by atoms with Crippen molar-refractivity contribution in [2.75, 3.05) is 38.7 Å². The molecule has 0 saturated carbocycles. The number of carbonyl (C=O) groups is 1. The zero-order valence-corrected chi connectivity index (χ0v) is 13.3. The van der Waals surface area contributed by atoms with Crippen molar-refractivity contribution in [1.82, 2.24) is 4.90 Å². The topological polar surface area (TPSA) is 50.8 Å². The first-order chi connectivity index (χ1) is 10.4. The van der Waals surface area contributed by atoms with E-state index in [0.29, 0.717) is 18.8 Å². The minimum atomic E-state index is -0.504. The number of halogens is 1. The molecule has 0 unspecified atom stereocenters.